The van der Waals surface area contributed by atoms with Gasteiger partial charge in [-0.05, 0) is 71.3 Å². The monoisotopic (exact) mass is 657 g/mol. The second-order valence-corrected chi connectivity index (χ2v) is 11.6. The zero-order valence-corrected chi connectivity index (χ0v) is 23.5. The van der Waals surface area contributed by atoms with Gasteiger partial charge < -0.3 is 10.6 Å². The van der Waals surface area contributed by atoms with Crippen molar-refractivity contribution in [2.24, 2.45) is 7.05 Å². The van der Waals surface area contributed by atoms with E-state index in [0.29, 0.717) is 3.57 Å². The molecule has 1 saturated carbocycles. The standard InChI is InChI=1S/C25H26F2IN5O4S/c1-3-29-38(36,37)32-21-6-4-5-14(22(21)27)11-15-12-18(24(34)30-17-8-9-17)23(33(2)25(15)35)31-20-10-7-16(28)13-19(20)26/h4-7,10,12-13,17,29,31-32H,3,8-9,11H2,1-2H3,(H,30,34). The second kappa shape index (κ2) is 11.4. The van der Waals surface area contributed by atoms with Gasteiger partial charge in [0.1, 0.15) is 11.6 Å². The van der Waals surface area contributed by atoms with Gasteiger partial charge in [0.25, 0.3) is 21.7 Å². The van der Waals surface area contributed by atoms with Crippen LogP contribution < -0.4 is 25.6 Å². The molecule has 202 valence electrons. The first-order valence-electron chi connectivity index (χ1n) is 11.8. The summed E-state index contributed by atoms with van der Waals surface area (Å²) in [6.45, 7) is 1.70. The number of aromatic nitrogens is 1. The summed E-state index contributed by atoms with van der Waals surface area (Å²) in [4.78, 5) is 26.4. The fraction of sp³-hybridized carbons (Fsp3) is 0.280. The summed E-state index contributed by atoms with van der Waals surface area (Å²) in [5, 5.41) is 5.74. The molecule has 2 aromatic carbocycles. The molecular weight excluding hydrogens is 631 g/mol. The summed E-state index contributed by atoms with van der Waals surface area (Å²) < 4.78 is 60.1. The molecule has 0 aliphatic heterocycles. The molecular formula is C25H26F2IN5O4S. The summed E-state index contributed by atoms with van der Waals surface area (Å²) >= 11 is 1.97. The molecule has 38 heavy (non-hydrogen) atoms. The number of hydrogen-bond acceptors (Lipinski definition) is 5. The average Bonchev–Trinajstić information content (AvgIpc) is 3.66. The molecule has 1 amide bonds. The molecule has 0 bridgehead atoms. The fourth-order valence-corrected chi connectivity index (χ4v) is 5.19. The van der Waals surface area contributed by atoms with Gasteiger partial charge in [0.05, 0.1) is 16.9 Å². The molecule has 0 radical (unpaired) electrons. The number of carbonyl (C=O) groups is 1. The van der Waals surface area contributed by atoms with Crippen molar-refractivity contribution in [3.63, 3.8) is 0 Å². The van der Waals surface area contributed by atoms with Gasteiger partial charge in [-0.3, -0.25) is 18.9 Å². The molecule has 1 aliphatic rings. The number of amides is 1. The molecule has 4 N–H and O–H groups in total. The van der Waals surface area contributed by atoms with E-state index >= 15 is 4.39 Å². The van der Waals surface area contributed by atoms with Gasteiger partial charge in [0, 0.05) is 35.2 Å². The predicted molar refractivity (Wildman–Crippen MR) is 150 cm³/mol. The molecule has 0 atom stereocenters. The van der Waals surface area contributed by atoms with E-state index in [2.05, 4.69) is 20.1 Å². The number of nitrogens with one attached hydrogen (secondary N) is 4. The molecule has 13 heteroatoms. The van der Waals surface area contributed by atoms with Gasteiger partial charge in [-0.1, -0.05) is 19.1 Å². The summed E-state index contributed by atoms with van der Waals surface area (Å²) in [5.41, 5.74) is -0.472. The van der Waals surface area contributed by atoms with Crippen LogP contribution >= 0.6 is 22.6 Å². The minimum Gasteiger partial charge on any atom is -0.349 e. The first kappa shape index (κ1) is 28.0. The maximum atomic E-state index is 15.2. The van der Waals surface area contributed by atoms with Gasteiger partial charge in [-0.15, -0.1) is 0 Å². The van der Waals surface area contributed by atoms with E-state index in [1.54, 1.807) is 13.0 Å². The first-order valence-corrected chi connectivity index (χ1v) is 14.4. The maximum absolute atomic E-state index is 15.2. The Labute approximate surface area is 232 Å². The van der Waals surface area contributed by atoms with Crippen LogP contribution in [0.2, 0.25) is 0 Å². The van der Waals surface area contributed by atoms with Crippen LogP contribution in [0.5, 0.6) is 0 Å². The summed E-state index contributed by atoms with van der Waals surface area (Å²) in [6.07, 6.45) is 1.45. The lowest BCUT2D eigenvalue weighted by Gasteiger charge is -2.18. The lowest BCUT2D eigenvalue weighted by molar-refractivity contribution is 0.0951. The van der Waals surface area contributed by atoms with Crippen LogP contribution in [0.25, 0.3) is 0 Å². The van der Waals surface area contributed by atoms with Gasteiger partial charge in [0.15, 0.2) is 5.82 Å². The highest BCUT2D eigenvalue weighted by Crippen LogP contribution is 2.27. The molecule has 1 aliphatic carbocycles. The average molecular weight is 657 g/mol. The molecule has 0 saturated heterocycles. The van der Waals surface area contributed by atoms with Crippen LogP contribution in [0.15, 0.2) is 47.3 Å². The maximum Gasteiger partial charge on any atom is 0.299 e. The first-order chi connectivity index (χ1) is 18.0. The third kappa shape index (κ3) is 6.50. The number of hydrogen-bond donors (Lipinski definition) is 4. The van der Waals surface area contributed by atoms with E-state index in [9.17, 15) is 22.4 Å². The van der Waals surface area contributed by atoms with E-state index in [-0.39, 0.29) is 52.9 Å². The minimum atomic E-state index is -3.98. The Morgan fingerprint density at radius 3 is 2.50 bits per heavy atom. The van der Waals surface area contributed by atoms with Crippen molar-refractivity contribution < 1.29 is 22.0 Å². The Morgan fingerprint density at radius 2 is 1.84 bits per heavy atom. The van der Waals surface area contributed by atoms with Crippen molar-refractivity contribution in [2.75, 3.05) is 16.6 Å². The molecule has 4 rings (SSSR count). The molecule has 3 aromatic rings. The van der Waals surface area contributed by atoms with Gasteiger partial charge in [-0.25, -0.2) is 8.78 Å². The largest absolute Gasteiger partial charge is 0.349 e. The quantitative estimate of drug-likeness (QED) is 0.248. The van der Waals surface area contributed by atoms with Crippen LogP contribution in [0.4, 0.5) is 26.0 Å². The number of carbonyl (C=O) groups excluding carboxylic acids is 1. The Hall–Kier alpha value is -3.04. The number of nitrogens with zero attached hydrogens (tertiary/aromatic N) is 1. The van der Waals surface area contributed by atoms with Crippen molar-refractivity contribution >= 4 is 55.9 Å². The lowest BCUT2D eigenvalue weighted by Crippen LogP contribution is -2.31. The molecule has 0 spiro atoms. The molecule has 9 nitrogen and oxygen atoms in total. The molecule has 1 fully saturated rings. The van der Waals surface area contributed by atoms with Crippen LogP contribution in [0.1, 0.15) is 41.3 Å². The van der Waals surface area contributed by atoms with Crippen molar-refractivity contribution in [1.29, 1.82) is 0 Å². The molecule has 1 heterocycles. The lowest BCUT2D eigenvalue weighted by atomic mass is 10.0. The highest BCUT2D eigenvalue weighted by Gasteiger charge is 2.27. The van der Waals surface area contributed by atoms with Crippen LogP contribution in [-0.2, 0) is 23.7 Å². The number of halogens is 3. The highest BCUT2D eigenvalue weighted by molar-refractivity contribution is 14.1. The Morgan fingerprint density at radius 1 is 1.11 bits per heavy atom. The van der Waals surface area contributed by atoms with E-state index in [1.165, 1.54) is 48.0 Å². The van der Waals surface area contributed by atoms with Gasteiger partial charge >= 0.3 is 0 Å². The number of benzene rings is 2. The Kier molecular flexibility index (Phi) is 8.37. The second-order valence-electron chi connectivity index (χ2n) is 8.85. The van der Waals surface area contributed by atoms with Crippen molar-refractivity contribution in [2.45, 2.75) is 32.2 Å². The van der Waals surface area contributed by atoms with Gasteiger partial charge in [-0.2, -0.15) is 13.1 Å². The smallest absolute Gasteiger partial charge is 0.299 e. The normalized spacial score (nSPS) is 13.3. The third-order valence-corrected chi connectivity index (χ3v) is 7.70. The summed E-state index contributed by atoms with van der Waals surface area (Å²) in [6, 6.07) is 10.0. The van der Waals surface area contributed by atoms with Gasteiger partial charge in [0.2, 0.25) is 0 Å². The minimum absolute atomic E-state index is 0.0185. The Bertz CT molecular complexity index is 1560. The van der Waals surface area contributed by atoms with E-state index in [4.69, 9.17) is 0 Å². The van der Waals surface area contributed by atoms with Crippen LogP contribution in [0, 0.1) is 15.2 Å². The van der Waals surface area contributed by atoms with E-state index < -0.39 is 33.3 Å². The summed E-state index contributed by atoms with van der Waals surface area (Å²) in [7, 11) is -2.54. The Balaban J connectivity index is 1.74. The van der Waals surface area contributed by atoms with Crippen molar-refractivity contribution in [3.05, 3.63) is 84.7 Å². The molecule has 0 unspecified atom stereocenters. The van der Waals surface area contributed by atoms with Crippen LogP contribution in [0.3, 0.4) is 0 Å². The number of pyridine rings is 1. The number of anilines is 3. The SMILES string of the molecule is CCNS(=O)(=O)Nc1cccc(Cc2cc(C(=O)NC3CC3)c(Nc3ccc(I)cc3F)n(C)c2=O)c1F. The van der Waals surface area contributed by atoms with E-state index in [0.717, 1.165) is 12.8 Å². The summed E-state index contributed by atoms with van der Waals surface area (Å²) in [5.74, 6) is -1.76. The zero-order valence-electron chi connectivity index (χ0n) is 20.6. The van der Waals surface area contributed by atoms with Crippen molar-refractivity contribution in [1.82, 2.24) is 14.6 Å². The van der Waals surface area contributed by atoms with Crippen LogP contribution in [-0.4, -0.2) is 31.5 Å². The molecule has 1 aromatic heterocycles. The van der Waals surface area contributed by atoms with Crippen molar-refractivity contribution in [3.8, 4) is 0 Å². The highest BCUT2D eigenvalue weighted by atomic mass is 127. The predicted octanol–water partition coefficient (Wildman–Crippen LogP) is 3.76. The number of rotatable bonds is 10. The third-order valence-electron chi connectivity index (χ3n) is 5.87. The fourth-order valence-electron chi connectivity index (χ4n) is 3.83. The topological polar surface area (TPSA) is 121 Å². The van der Waals surface area contributed by atoms with E-state index in [1.807, 2.05) is 22.6 Å². The zero-order chi connectivity index (χ0) is 27.6.